The average Bonchev–Trinajstić information content (AvgIpc) is 3.79. The summed E-state index contributed by atoms with van der Waals surface area (Å²) in [6.07, 6.45) is 3.24. The van der Waals surface area contributed by atoms with Gasteiger partial charge >= 0.3 is 0 Å². The second kappa shape index (κ2) is 17.9. The molecule has 61 heavy (non-hydrogen) atoms. The average molecular weight is 995 g/mol. The first-order valence-electron chi connectivity index (χ1n) is 21.1. The van der Waals surface area contributed by atoms with Crippen molar-refractivity contribution in [3.63, 3.8) is 0 Å². The Bertz CT molecular complexity index is 2950. The number of benzene rings is 5. The van der Waals surface area contributed by atoms with Crippen LogP contribution in [0.5, 0.6) is 0 Å². The number of fused-ring (bicyclic) bond motifs is 4. The van der Waals surface area contributed by atoms with E-state index in [-0.39, 0.29) is 20.1 Å². The van der Waals surface area contributed by atoms with E-state index >= 15 is 0 Å². The van der Waals surface area contributed by atoms with Gasteiger partial charge in [0.2, 0.25) is 5.71 Å². The Balaban J connectivity index is 0.000000226. The Hall–Kier alpha value is -5.46. The summed E-state index contributed by atoms with van der Waals surface area (Å²) in [6.45, 7) is 22.5. The molecule has 0 aliphatic carbocycles. The van der Waals surface area contributed by atoms with Crippen LogP contribution in [-0.4, -0.2) is 27.6 Å². The molecule has 0 bridgehead atoms. The molecule has 5 aromatic carbocycles. The zero-order valence-electron chi connectivity index (χ0n) is 36.9. The molecule has 4 heterocycles. The molecule has 0 spiro atoms. The molecule has 5 nitrogen and oxygen atoms in total. The maximum atomic E-state index is 6.54. The number of hydrogen-bond acceptors (Lipinski definition) is 4. The molecule has 0 unspecified atom stereocenters. The fourth-order valence-electron chi connectivity index (χ4n) is 8.45. The van der Waals surface area contributed by atoms with E-state index in [1.165, 1.54) is 38.6 Å². The van der Waals surface area contributed by atoms with Crippen molar-refractivity contribution in [3.8, 4) is 39.5 Å². The summed E-state index contributed by atoms with van der Waals surface area (Å²) in [5, 5.41) is 3.62. The summed E-state index contributed by atoms with van der Waals surface area (Å²) in [5.41, 5.74) is 15.9. The van der Waals surface area contributed by atoms with Crippen LogP contribution < -0.4 is 5.19 Å². The first kappa shape index (κ1) is 43.6. The van der Waals surface area contributed by atoms with Gasteiger partial charge in [0.25, 0.3) is 0 Å². The quantitative estimate of drug-likeness (QED) is 0.112. The van der Waals surface area contributed by atoms with E-state index in [2.05, 4.69) is 174 Å². The SMILES string of the molecule is CC(C)Cc1cc(-c2[c-]cccc2)ncc1[Si](C)(C)C.Cc1ccc2c(n1)oc1c(-c3nc4ccccc4n3-c3c(C)cc(-c4ccccc4)cc3C)[c-]cc(C(C)C)c12.[Ir]. The van der Waals surface area contributed by atoms with Crippen molar-refractivity contribution >= 4 is 46.4 Å². The first-order chi connectivity index (χ1) is 28.8. The Kier molecular flexibility index (Phi) is 12.8. The number of aromatic nitrogens is 4. The van der Waals surface area contributed by atoms with Crippen molar-refractivity contribution in [1.82, 2.24) is 19.5 Å². The van der Waals surface area contributed by atoms with E-state index in [1.54, 1.807) is 0 Å². The molecule has 0 aliphatic heterocycles. The maximum Gasteiger partial charge on any atom is 0.216 e. The molecule has 0 saturated carbocycles. The number of nitrogens with zero attached hydrogens (tertiary/aromatic N) is 4. The van der Waals surface area contributed by atoms with Crippen molar-refractivity contribution in [1.29, 1.82) is 0 Å². The molecule has 4 aromatic heterocycles. The molecule has 0 atom stereocenters. The Morgan fingerprint density at radius 2 is 1.46 bits per heavy atom. The summed E-state index contributed by atoms with van der Waals surface area (Å²) in [4.78, 5) is 14.6. The maximum absolute atomic E-state index is 6.54. The second-order valence-corrected chi connectivity index (χ2v) is 22.9. The van der Waals surface area contributed by atoms with E-state index < -0.39 is 8.07 Å². The predicted molar refractivity (Wildman–Crippen MR) is 254 cm³/mol. The van der Waals surface area contributed by atoms with Crippen molar-refractivity contribution < 1.29 is 24.5 Å². The smallest absolute Gasteiger partial charge is 0.216 e. The van der Waals surface area contributed by atoms with Crippen LogP contribution in [0.1, 0.15) is 61.6 Å². The molecule has 1 radical (unpaired) electrons. The van der Waals surface area contributed by atoms with Gasteiger partial charge in [-0.3, -0.25) is 4.98 Å². The standard InChI is InChI=1S/C36H30N3O.C18H24NSi.Ir/c1-21(2)27-17-18-29(34-32(27)28-16-15-24(5)37-36(28)40-34)35-38-30-13-9-10-14-31(30)39(35)33-22(3)19-26(20-23(33)4)25-11-7-6-8-12-25;1-14(2)11-16-12-17(15-9-7-6-8-10-15)19-13-18(16)20(3,4)5;/h6-17,19-21H,1-5H3;6-9,12-14H,11H2,1-5H3;/q2*-1;. The number of para-hydroxylation sites is 2. The molecule has 0 fully saturated rings. The molecule has 9 rings (SSSR count). The van der Waals surface area contributed by atoms with Crippen molar-refractivity contribution in [2.24, 2.45) is 5.92 Å². The minimum absolute atomic E-state index is 0. The summed E-state index contributed by atoms with van der Waals surface area (Å²) in [5.74, 6) is 1.79. The number of hydrogen-bond donors (Lipinski definition) is 0. The largest absolute Gasteiger partial charge is 0.486 e. The van der Waals surface area contributed by atoms with Gasteiger partial charge in [-0.1, -0.05) is 118 Å². The Labute approximate surface area is 375 Å². The number of imidazole rings is 1. The number of aryl methyl sites for hydroxylation is 3. The molecular formula is C54H54IrN4OSi-2. The third kappa shape index (κ3) is 8.83. The fraction of sp³-hybridized carbons (Fsp3) is 0.241. The van der Waals surface area contributed by atoms with Crippen LogP contribution in [0, 0.1) is 38.8 Å². The van der Waals surface area contributed by atoms with E-state index in [0.717, 1.165) is 67.8 Å². The minimum Gasteiger partial charge on any atom is -0.486 e. The van der Waals surface area contributed by atoms with Crippen LogP contribution in [0.15, 0.2) is 126 Å². The third-order valence-electron chi connectivity index (χ3n) is 11.2. The predicted octanol–water partition coefficient (Wildman–Crippen LogP) is 13.8. The van der Waals surface area contributed by atoms with Gasteiger partial charge in [-0.2, -0.15) is 0 Å². The van der Waals surface area contributed by atoms with Crippen molar-refractivity contribution in [2.45, 2.75) is 80.4 Å². The Morgan fingerprint density at radius 1 is 0.754 bits per heavy atom. The third-order valence-corrected chi connectivity index (χ3v) is 13.3. The zero-order valence-corrected chi connectivity index (χ0v) is 40.3. The molecule has 311 valence electrons. The van der Waals surface area contributed by atoms with Gasteiger partial charge in [0, 0.05) is 43.1 Å². The molecular weight excluding hydrogens is 941 g/mol. The monoisotopic (exact) mass is 995 g/mol. The van der Waals surface area contributed by atoms with Crippen LogP contribution in [0.3, 0.4) is 0 Å². The summed E-state index contributed by atoms with van der Waals surface area (Å²) >= 11 is 0. The normalized spacial score (nSPS) is 11.7. The van der Waals surface area contributed by atoms with Crippen LogP contribution in [-0.2, 0) is 26.5 Å². The second-order valence-electron chi connectivity index (χ2n) is 17.8. The van der Waals surface area contributed by atoms with E-state index in [4.69, 9.17) is 14.4 Å². The first-order valence-corrected chi connectivity index (χ1v) is 24.6. The summed E-state index contributed by atoms with van der Waals surface area (Å²) in [7, 11) is -1.34. The zero-order chi connectivity index (χ0) is 42.3. The van der Waals surface area contributed by atoms with Crippen LogP contribution in [0.4, 0.5) is 0 Å². The Morgan fingerprint density at radius 3 is 2.13 bits per heavy atom. The van der Waals surface area contributed by atoms with E-state index in [0.29, 0.717) is 17.5 Å². The molecule has 9 aromatic rings. The minimum atomic E-state index is -1.34. The molecule has 7 heteroatoms. The topological polar surface area (TPSA) is 56.7 Å². The summed E-state index contributed by atoms with van der Waals surface area (Å²) in [6, 6.07) is 46.9. The van der Waals surface area contributed by atoms with Gasteiger partial charge in [-0.15, -0.1) is 53.6 Å². The molecule has 0 amide bonds. The summed E-state index contributed by atoms with van der Waals surface area (Å²) < 4.78 is 8.82. The van der Waals surface area contributed by atoms with Crippen molar-refractivity contribution in [3.05, 3.63) is 162 Å². The van der Waals surface area contributed by atoms with Gasteiger partial charge in [0.15, 0.2) is 0 Å². The van der Waals surface area contributed by atoms with Crippen LogP contribution in [0.2, 0.25) is 19.6 Å². The molecule has 0 N–H and O–H groups in total. The molecule has 0 saturated heterocycles. The van der Waals surface area contributed by atoms with Crippen LogP contribution in [0.25, 0.3) is 72.6 Å². The van der Waals surface area contributed by atoms with Crippen molar-refractivity contribution in [2.75, 3.05) is 0 Å². The van der Waals surface area contributed by atoms with E-state index in [1.807, 2.05) is 37.3 Å². The number of pyridine rings is 2. The van der Waals surface area contributed by atoms with E-state index in [9.17, 15) is 0 Å². The van der Waals surface area contributed by atoms with Crippen LogP contribution >= 0.6 is 0 Å². The van der Waals surface area contributed by atoms with Gasteiger partial charge < -0.3 is 14.0 Å². The van der Waals surface area contributed by atoms with Gasteiger partial charge in [-0.05, 0) is 103 Å². The number of furan rings is 1. The van der Waals surface area contributed by atoms with Gasteiger partial charge in [0.05, 0.1) is 30.5 Å². The fourth-order valence-corrected chi connectivity index (χ4v) is 10.0. The van der Waals surface area contributed by atoms with Gasteiger partial charge in [0.1, 0.15) is 0 Å². The number of rotatable bonds is 8. The van der Waals surface area contributed by atoms with Gasteiger partial charge in [-0.25, -0.2) is 4.98 Å². The molecule has 0 aliphatic rings.